The van der Waals surface area contributed by atoms with Gasteiger partial charge in [-0.2, -0.15) is 0 Å². The van der Waals surface area contributed by atoms with Crippen molar-refractivity contribution in [2.45, 2.75) is 46.5 Å². The van der Waals surface area contributed by atoms with Crippen LogP contribution in [0, 0.1) is 6.92 Å². The molecule has 90 valence electrons. The largest absolute Gasteiger partial charge is 0.256 e. The number of pyridine rings is 1. The second-order valence-electron chi connectivity index (χ2n) is 5.41. The molecule has 0 spiro atoms. The summed E-state index contributed by atoms with van der Waals surface area (Å²) in [5.41, 5.74) is 5.36. The summed E-state index contributed by atoms with van der Waals surface area (Å²) in [6, 6.07) is 6.57. The van der Waals surface area contributed by atoms with Crippen molar-refractivity contribution in [3.63, 3.8) is 0 Å². The first-order valence-corrected chi connectivity index (χ1v) is 6.40. The lowest BCUT2D eigenvalue weighted by atomic mass is 9.88. The van der Waals surface area contributed by atoms with Gasteiger partial charge < -0.3 is 0 Å². The molecule has 0 atom stereocenters. The van der Waals surface area contributed by atoms with Crippen LogP contribution in [0.15, 0.2) is 24.4 Å². The molecule has 0 saturated carbocycles. The SMILES string of the molecule is Cc1cc(C(C)C)c2cccnc2c1C(C)C. The maximum absolute atomic E-state index is 4.61. The minimum atomic E-state index is 0.522. The summed E-state index contributed by atoms with van der Waals surface area (Å²) in [5.74, 6) is 1.07. The highest BCUT2D eigenvalue weighted by atomic mass is 14.7. The van der Waals surface area contributed by atoms with Crippen LogP contribution in [0.1, 0.15) is 56.2 Å². The zero-order chi connectivity index (χ0) is 12.6. The Labute approximate surface area is 104 Å². The quantitative estimate of drug-likeness (QED) is 0.718. The zero-order valence-electron chi connectivity index (χ0n) is 11.4. The molecule has 0 radical (unpaired) electrons. The van der Waals surface area contributed by atoms with Crippen LogP contribution in [-0.2, 0) is 0 Å². The van der Waals surface area contributed by atoms with Gasteiger partial charge in [-0.25, -0.2) is 0 Å². The molecule has 1 heteroatoms. The fourth-order valence-corrected chi connectivity index (χ4v) is 2.63. The van der Waals surface area contributed by atoms with E-state index in [4.69, 9.17) is 0 Å². The van der Waals surface area contributed by atoms with Gasteiger partial charge in [0, 0.05) is 11.6 Å². The fraction of sp³-hybridized carbons (Fsp3) is 0.438. The van der Waals surface area contributed by atoms with E-state index in [1.54, 1.807) is 0 Å². The van der Waals surface area contributed by atoms with Gasteiger partial charge in [-0.15, -0.1) is 0 Å². The van der Waals surface area contributed by atoms with Gasteiger partial charge in [0.1, 0.15) is 0 Å². The van der Waals surface area contributed by atoms with Crippen LogP contribution in [0.4, 0.5) is 0 Å². The summed E-state index contributed by atoms with van der Waals surface area (Å²) in [5, 5.41) is 1.32. The van der Waals surface area contributed by atoms with Gasteiger partial charge in [-0.1, -0.05) is 39.8 Å². The van der Waals surface area contributed by atoms with E-state index in [0.29, 0.717) is 11.8 Å². The average molecular weight is 227 g/mol. The predicted octanol–water partition coefficient (Wildman–Crippen LogP) is 4.79. The van der Waals surface area contributed by atoms with Crippen molar-refractivity contribution in [1.82, 2.24) is 4.98 Å². The van der Waals surface area contributed by atoms with Gasteiger partial charge >= 0.3 is 0 Å². The number of hydrogen-bond acceptors (Lipinski definition) is 1. The summed E-state index contributed by atoms with van der Waals surface area (Å²) in [6.45, 7) is 11.2. The van der Waals surface area contributed by atoms with Crippen LogP contribution in [0.25, 0.3) is 10.9 Å². The van der Waals surface area contributed by atoms with Crippen molar-refractivity contribution >= 4 is 10.9 Å². The second kappa shape index (κ2) is 4.48. The fourth-order valence-electron chi connectivity index (χ4n) is 2.63. The Morgan fingerprint density at radius 1 is 1.06 bits per heavy atom. The summed E-state index contributed by atoms with van der Waals surface area (Å²) < 4.78 is 0. The smallest absolute Gasteiger partial charge is 0.0742 e. The van der Waals surface area contributed by atoms with Crippen LogP contribution >= 0.6 is 0 Å². The third kappa shape index (κ3) is 2.06. The van der Waals surface area contributed by atoms with Gasteiger partial charge in [0.05, 0.1) is 5.52 Å². The molecule has 1 heterocycles. The van der Waals surface area contributed by atoms with E-state index in [1.807, 2.05) is 12.3 Å². The van der Waals surface area contributed by atoms with Crippen molar-refractivity contribution in [2.75, 3.05) is 0 Å². The Morgan fingerprint density at radius 3 is 2.35 bits per heavy atom. The lowest BCUT2D eigenvalue weighted by Crippen LogP contribution is -2.00. The minimum absolute atomic E-state index is 0.522. The first-order chi connectivity index (χ1) is 8.02. The molecule has 2 aromatic rings. The average Bonchev–Trinajstić information content (AvgIpc) is 2.27. The molecule has 0 aliphatic heterocycles. The Hall–Kier alpha value is -1.37. The van der Waals surface area contributed by atoms with Crippen LogP contribution in [0.3, 0.4) is 0 Å². The molecular weight excluding hydrogens is 206 g/mol. The number of aryl methyl sites for hydroxylation is 1. The summed E-state index contributed by atoms with van der Waals surface area (Å²) in [4.78, 5) is 4.61. The molecule has 1 aromatic heterocycles. The lowest BCUT2D eigenvalue weighted by Gasteiger charge is -2.18. The molecule has 0 fully saturated rings. The van der Waals surface area contributed by atoms with Crippen molar-refractivity contribution in [3.8, 4) is 0 Å². The van der Waals surface area contributed by atoms with Crippen molar-refractivity contribution in [1.29, 1.82) is 0 Å². The van der Waals surface area contributed by atoms with E-state index in [2.05, 4.69) is 51.7 Å². The van der Waals surface area contributed by atoms with Crippen LogP contribution in [0.2, 0.25) is 0 Å². The standard InChI is InChI=1S/C16H21N/c1-10(2)14-9-12(5)15(11(3)4)16-13(14)7-6-8-17-16/h6-11H,1-5H3. The van der Waals surface area contributed by atoms with E-state index >= 15 is 0 Å². The first-order valence-electron chi connectivity index (χ1n) is 6.40. The summed E-state index contributed by atoms with van der Waals surface area (Å²) >= 11 is 0. The molecule has 0 bridgehead atoms. The van der Waals surface area contributed by atoms with E-state index in [-0.39, 0.29) is 0 Å². The monoisotopic (exact) mass is 227 g/mol. The van der Waals surface area contributed by atoms with E-state index in [1.165, 1.54) is 27.6 Å². The molecule has 0 aliphatic rings. The summed E-state index contributed by atoms with van der Waals surface area (Å²) in [6.07, 6.45) is 1.90. The van der Waals surface area contributed by atoms with Gasteiger partial charge in [0.25, 0.3) is 0 Å². The van der Waals surface area contributed by atoms with Crippen molar-refractivity contribution in [2.24, 2.45) is 0 Å². The van der Waals surface area contributed by atoms with Gasteiger partial charge in [-0.3, -0.25) is 4.98 Å². The zero-order valence-corrected chi connectivity index (χ0v) is 11.4. The highest BCUT2D eigenvalue weighted by Crippen LogP contribution is 2.32. The predicted molar refractivity (Wildman–Crippen MR) is 74.7 cm³/mol. The third-order valence-electron chi connectivity index (χ3n) is 3.37. The number of aromatic nitrogens is 1. The van der Waals surface area contributed by atoms with Gasteiger partial charge in [0.2, 0.25) is 0 Å². The Bertz CT molecular complexity index is 538. The van der Waals surface area contributed by atoms with E-state index in [9.17, 15) is 0 Å². The van der Waals surface area contributed by atoms with Gasteiger partial charge in [0.15, 0.2) is 0 Å². The molecule has 2 rings (SSSR count). The Kier molecular flexibility index (Phi) is 3.19. The van der Waals surface area contributed by atoms with Crippen LogP contribution < -0.4 is 0 Å². The van der Waals surface area contributed by atoms with Crippen LogP contribution in [0.5, 0.6) is 0 Å². The molecule has 0 unspecified atom stereocenters. The van der Waals surface area contributed by atoms with Crippen molar-refractivity contribution < 1.29 is 0 Å². The minimum Gasteiger partial charge on any atom is -0.256 e. The van der Waals surface area contributed by atoms with Crippen LogP contribution in [-0.4, -0.2) is 4.98 Å². The highest BCUT2D eigenvalue weighted by molar-refractivity contribution is 5.87. The number of rotatable bonds is 2. The molecule has 0 aliphatic carbocycles. The molecular formula is C16H21N. The molecule has 0 saturated heterocycles. The Morgan fingerprint density at radius 2 is 1.76 bits per heavy atom. The molecule has 0 amide bonds. The first kappa shape index (κ1) is 12.1. The number of benzene rings is 1. The Balaban J connectivity index is 2.87. The molecule has 1 aromatic carbocycles. The highest BCUT2D eigenvalue weighted by Gasteiger charge is 2.14. The molecule has 1 nitrogen and oxygen atoms in total. The van der Waals surface area contributed by atoms with Crippen molar-refractivity contribution in [3.05, 3.63) is 41.1 Å². The molecule has 17 heavy (non-hydrogen) atoms. The number of nitrogens with zero attached hydrogens (tertiary/aromatic N) is 1. The summed E-state index contributed by atoms with van der Waals surface area (Å²) in [7, 11) is 0. The topological polar surface area (TPSA) is 12.9 Å². The molecule has 0 N–H and O–H groups in total. The normalized spacial score (nSPS) is 11.7. The maximum atomic E-state index is 4.61. The number of hydrogen-bond donors (Lipinski definition) is 0. The lowest BCUT2D eigenvalue weighted by molar-refractivity contribution is 0.847. The second-order valence-corrected chi connectivity index (χ2v) is 5.41. The van der Waals surface area contributed by atoms with E-state index in [0.717, 1.165) is 0 Å². The number of fused-ring (bicyclic) bond motifs is 1. The van der Waals surface area contributed by atoms with E-state index < -0.39 is 0 Å². The van der Waals surface area contributed by atoms with Gasteiger partial charge in [-0.05, 0) is 41.5 Å². The maximum Gasteiger partial charge on any atom is 0.0742 e. The third-order valence-corrected chi connectivity index (χ3v) is 3.37.